The summed E-state index contributed by atoms with van der Waals surface area (Å²) in [6.07, 6.45) is 3.38. The summed E-state index contributed by atoms with van der Waals surface area (Å²) in [5.41, 5.74) is 7.25. The first-order valence-electron chi connectivity index (χ1n) is 12.1. The second-order valence-electron chi connectivity index (χ2n) is 8.88. The molecule has 2 heterocycles. The molecule has 0 spiro atoms. The number of nitrogens with one attached hydrogen (secondary N) is 1. The largest absolute Gasteiger partial charge is 0.493 e. The normalized spacial score (nSPS) is 13.1. The van der Waals surface area contributed by atoms with Crippen LogP contribution in [0.25, 0.3) is 27.7 Å². The third-order valence-electron chi connectivity index (χ3n) is 6.28. The monoisotopic (exact) mass is 483 g/mol. The molecule has 0 atom stereocenters. The minimum atomic E-state index is -0.240. The zero-order valence-electron chi connectivity index (χ0n) is 20.9. The summed E-state index contributed by atoms with van der Waals surface area (Å²) in [4.78, 5) is 12.9. The zero-order chi connectivity index (χ0) is 25.2. The van der Waals surface area contributed by atoms with E-state index in [4.69, 9.17) is 18.6 Å². The van der Waals surface area contributed by atoms with E-state index in [0.29, 0.717) is 37.0 Å². The van der Waals surface area contributed by atoms with Crippen molar-refractivity contribution in [2.24, 2.45) is 0 Å². The van der Waals surface area contributed by atoms with E-state index in [9.17, 15) is 4.79 Å². The van der Waals surface area contributed by atoms with Gasteiger partial charge in [-0.15, -0.1) is 0 Å². The summed E-state index contributed by atoms with van der Waals surface area (Å²) >= 11 is 0. The molecule has 6 heteroatoms. The van der Waals surface area contributed by atoms with Crippen molar-refractivity contribution in [3.8, 4) is 28.4 Å². The molecule has 4 aromatic rings. The SMILES string of the molecule is CCOc1c(/C(C)=C/C(=O)Nc2ccc3c(c2)OCCO3)cc2c(-c3ccc(C)cc3)coc2c1C. The van der Waals surface area contributed by atoms with Gasteiger partial charge in [-0.3, -0.25) is 4.79 Å². The third-order valence-corrected chi connectivity index (χ3v) is 6.28. The van der Waals surface area contributed by atoms with Crippen LogP contribution < -0.4 is 19.5 Å². The molecule has 1 aliphatic rings. The Morgan fingerprint density at radius 2 is 1.78 bits per heavy atom. The van der Waals surface area contributed by atoms with Crippen molar-refractivity contribution in [1.82, 2.24) is 0 Å². The van der Waals surface area contributed by atoms with Gasteiger partial charge in [-0.25, -0.2) is 0 Å². The number of furan rings is 1. The summed E-state index contributed by atoms with van der Waals surface area (Å²) in [5.74, 6) is 1.79. The predicted octanol–water partition coefficient (Wildman–Crippen LogP) is 6.93. The van der Waals surface area contributed by atoms with Gasteiger partial charge in [0.25, 0.3) is 0 Å². The van der Waals surface area contributed by atoms with E-state index in [-0.39, 0.29) is 5.91 Å². The van der Waals surface area contributed by atoms with Crippen LogP contribution in [0.5, 0.6) is 17.2 Å². The molecule has 1 amide bonds. The van der Waals surface area contributed by atoms with Crippen LogP contribution in [0.4, 0.5) is 5.69 Å². The minimum Gasteiger partial charge on any atom is -0.493 e. The number of allylic oxidation sites excluding steroid dienone is 1. The summed E-state index contributed by atoms with van der Waals surface area (Å²) in [7, 11) is 0. The minimum absolute atomic E-state index is 0.240. The topological polar surface area (TPSA) is 69.9 Å². The van der Waals surface area contributed by atoms with Gasteiger partial charge in [0.2, 0.25) is 5.91 Å². The lowest BCUT2D eigenvalue weighted by atomic mass is 9.96. The van der Waals surface area contributed by atoms with Crippen molar-refractivity contribution in [3.05, 3.63) is 77.6 Å². The predicted molar refractivity (Wildman–Crippen MR) is 142 cm³/mol. The van der Waals surface area contributed by atoms with E-state index < -0.39 is 0 Å². The smallest absolute Gasteiger partial charge is 0.248 e. The average Bonchev–Trinajstić information content (AvgIpc) is 3.30. The van der Waals surface area contributed by atoms with Crippen LogP contribution >= 0.6 is 0 Å². The lowest BCUT2D eigenvalue weighted by molar-refractivity contribution is -0.111. The van der Waals surface area contributed by atoms with E-state index in [0.717, 1.165) is 44.5 Å². The highest BCUT2D eigenvalue weighted by Crippen LogP contribution is 2.41. The second-order valence-corrected chi connectivity index (χ2v) is 8.88. The molecule has 36 heavy (non-hydrogen) atoms. The maximum atomic E-state index is 12.9. The maximum absolute atomic E-state index is 12.9. The van der Waals surface area contributed by atoms with Crippen LogP contribution in [0.3, 0.4) is 0 Å². The van der Waals surface area contributed by atoms with Gasteiger partial charge in [0, 0.05) is 39.9 Å². The number of rotatable bonds is 6. The second kappa shape index (κ2) is 9.82. The molecule has 1 N–H and O–H groups in total. The Labute approximate surface area is 210 Å². The molecule has 1 aliphatic heterocycles. The third kappa shape index (κ3) is 4.54. The standard InChI is InChI=1S/C30H29NO5/c1-5-33-29-20(4)30-24(25(17-36-30)21-8-6-18(2)7-9-21)16-23(29)19(3)14-28(32)31-22-10-11-26-27(15-22)35-13-12-34-26/h6-11,14-17H,5,12-13H2,1-4H3,(H,31,32)/b19-14+. The fraction of sp³-hybridized carbons (Fsp3) is 0.233. The Morgan fingerprint density at radius 3 is 2.53 bits per heavy atom. The Hall–Kier alpha value is -4.19. The van der Waals surface area contributed by atoms with Gasteiger partial charge < -0.3 is 23.9 Å². The van der Waals surface area contributed by atoms with E-state index in [1.54, 1.807) is 30.5 Å². The number of carbonyl (C=O) groups excluding carboxylic acids is 1. The average molecular weight is 484 g/mol. The molecule has 1 aromatic heterocycles. The molecule has 184 valence electrons. The van der Waals surface area contributed by atoms with Crippen LogP contribution in [-0.2, 0) is 4.79 Å². The molecule has 0 saturated heterocycles. The lowest BCUT2D eigenvalue weighted by Gasteiger charge is -2.19. The Bertz CT molecular complexity index is 1460. The zero-order valence-corrected chi connectivity index (χ0v) is 20.9. The number of fused-ring (bicyclic) bond motifs is 2. The molecule has 0 fully saturated rings. The maximum Gasteiger partial charge on any atom is 0.248 e. The number of aryl methyl sites for hydroxylation is 2. The van der Waals surface area contributed by atoms with Crippen LogP contribution in [0.15, 0.2) is 65.3 Å². The molecular weight excluding hydrogens is 454 g/mol. The van der Waals surface area contributed by atoms with Gasteiger partial charge in [0.05, 0.1) is 12.9 Å². The van der Waals surface area contributed by atoms with Crippen molar-refractivity contribution in [2.75, 3.05) is 25.1 Å². The Kier molecular flexibility index (Phi) is 6.42. The number of ether oxygens (including phenoxy) is 3. The van der Waals surface area contributed by atoms with Crippen LogP contribution in [-0.4, -0.2) is 25.7 Å². The highest BCUT2D eigenvalue weighted by atomic mass is 16.6. The molecule has 0 unspecified atom stereocenters. The van der Waals surface area contributed by atoms with E-state index in [2.05, 4.69) is 42.6 Å². The molecule has 0 aliphatic carbocycles. The van der Waals surface area contributed by atoms with Crippen LogP contribution in [0.2, 0.25) is 0 Å². The van der Waals surface area contributed by atoms with Crippen molar-refractivity contribution < 1.29 is 23.4 Å². The number of benzene rings is 3. The van der Waals surface area contributed by atoms with Gasteiger partial charge in [-0.2, -0.15) is 0 Å². The Morgan fingerprint density at radius 1 is 1.03 bits per heavy atom. The fourth-order valence-electron chi connectivity index (χ4n) is 4.47. The first-order valence-corrected chi connectivity index (χ1v) is 12.1. The summed E-state index contributed by atoms with van der Waals surface area (Å²) < 4.78 is 23.2. The van der Waals surface area contributed by atoms with E-state index in [1.165, 1.54) is 5.56 Å². The highest BCUT2D eigenvalue weighted by Gasteiger charge is 2.19. The molecule has 0 bridgehead atoms. The van der Waals surface area contributed by atoms with Crippen molar-refractivity contribution in [2.45, 2.75) is 27.7 Å². The lowest BCUT2D eigenvalue weighted by Crippen LogP contribution is -2.16. The molecule has 0 radical (unpaired) electrons. The first kappa shape index (κ1) is 23.5. The van der Waals surface area contributed by atoms with Gasteiger partial charge in [0.1, 0.15) is 24.5 Å². The molecule has 0 saturated carbocycles. The number of hydrogen-bond acceptors (Lipinski definition) is 5. The van der Waals surface area contributed by atoms with E-state index >= 15 is 0 Å². The quantitative estimate of drug-likeness (QED) is 0.301. The fourth-order valence-corrected chi connectivity index (χ4v) is 4.47. The van der Waals surface area contributed by atoms with Crippen molar-refractivity contribution in [1.29, 1.82) is 0 Å². The van der Waals surface area contributed by atoms with Crippen LogP contribution in [0, 0.1) is 13.8 Å². The molecular formula is C30H29NO5. The van der Waals surface area contributed by atoms with Crippen molar-refractivity contribution >= 4 is 28.1 Å². The Balaban J connectivity index is 1.50. The molecule has 6 nitrogen and oxygen atoms in total. The summed E-state index contributed by atoms with van der Waals surface area (Å²) in [6, 6.07) is 15.8. The van der Waals surface area contributed by atoms with Gasteiger partial charge in [-0.05, 0) is 57.0 Å². The molecule has 3 aromatic carbocycles. The number of carbonyl (C=O) groups is 1. The van der Waals surface area contributed by atoms with E-state index in [1.807, 2.05) is 20.8 Å². The number of hydrogen-bond donors (Lipinski definition) is 1. The van der Waals surface area contributed by atoms with Gasteiger partial charge in [0.15, 0.2) is 11.5 Å². The van der Waals surface area contributed by atoms with Crippen LogP contribution in [0.1, 0.15) is 30.5 Å². The van der Waals surface area contributed by atoms with Gasteiger partial charge in [-0.1, -0.05) is 29.8 Å². The number of amides is 1. The van der Waals surface area contributed by atoms with Crippen molar-refractivity contribution in [3.63, 3.8) is 0 Å². The molecule has 5 rings (SSSR count). The van der Waals surface area contributed by atoms with Gasteiger partial charge >= 0.3 is 0 Å². The summed E-state index contributed by atoms with van der Waals surface area (Å²) in [6.45, 7) is 9.43. The highest BCUT2D eigenvalue weighted by molar-refractivity contribution is 6.06. The first-order chi connectivity index (χ1) is 17.4. The summed E-state index contributed by atoms with van der Waals surface area (Å²) in [5, 5.41) is 3.90. The number of anilines is 1.